The molecule has 0 aromatic carbocycles. The van der Waals surface area contributed by atoms with Crippen LogP contribution in [0, 0.1) is 6.07 Å². The molecule has 0 aliphatic rings. The van der Waals surface area contributed by atoms with Crippen LogP contribution in [0.4, 0.5) is 0 Å². The number of nitrogens with zero attached hydrogens (tertiary/aromatic N) is 2. The fraction of sp³-hybridized carbons (Fsp3) is 0. The molecule has 10 heavy (non-hydrogen) atoms. The highest BCUT2D eigenvalue weighted by Gasteiger charge is 1.96. The minimum absolute atomic E-state index is 0.563. The van der Waals surface area contributed by atoms with E-state index in [2.05, 4.69) is 11.1 Å². The van der Waals surface area contributed by atoms with Crippen LogP contribution in [0.25, 0.3) is 5.65 Å². The van der Waals surface area contributed by atoms with Crippen LogP contribution in [-0.2, 0) is 0 Å². The first kappa shape index (κ1) is 5.74. The highest BCUT2D eigenvalue weighted by atomic mass is 35.5. The molecular weight excluding hydrogens is 148 g/mol. The third-order valence-corrected chi connectivity index (χ3v) is 1.59. The van der Waals surface area contributed by atoms with Crippen LogP contribution in [0.15, 0.2) is 24.7 Å². The molecule has 2 rings (SSSR count). The third-order valence-electron chi connectivity index (χ3n) is 1.31. The van der Waals surface area contributed by atoms with Crippen molar-refractivity contribution in [3.63, 3.8) is 0 Å². The van der Waals surface area contributed by atoms with Gasteiger partial charge in [0.15, 0.2) is 5.65 Å². The van der Waals surface area contributed by atoms with Gasteiger partial charge in [-0.2, -0.15) is 0 Å². The Morgan fingerprint density at radius 3 is 3.20 bits per heavy atom. The summed E-state index contributed by atoms with van der Waals surface area (Å²) in [5.41, 5.74) is 0.754. The van der Waals surface area contributed by atoms with Crippen LogP contribution in [0.2, 0.25) is 5.02 Å². The van der Waals surface area contributed by atoms with Crippen molar-refractivity contribution in [2.24, 2.45) is 0 Å². The third kappa shape index (κ3) is 0.693. The van der Waals surface area contributed by atoms with Crippen LogP contribution < -0.4 is 0 Å². The lowest BCUT2D eigenvalue weighted by Crippen LogP contribution is -1.81. The zero-order chi connectivity index (χ0) is 6.97. The van der Waals surface area contributed by atoms with Gasteiger partial charge in [-0.15, -0.1) is 0 Å². The van der Waals surface area contributed by atoms with Gasteiger partial charge in [0.2, 0.25) is 0 Å². The molecule has 0 saturated heterocycles. The Bertz CT molecular complexity index is 353. The first-order chi connectivity index (χ1) is 4.88. The van der Waals surface area contributed by atoms with Gasteiger partial charge in [0.05, 0.1) is 5.02 Å². The van der Waals surface area contributed by atoms with E-state index in [4.69, 9.17) is 11.6 Å². The highest BCUT2D eigenvalue weighted by molar-refractivity contribution is 6.33. The van der Waals surface area contributed by atoms with Gasteiger partial charge in [0.1, 0.15) is 0 Å². The minimum Gasteiger partial charge on any atom is -0.306 e. The van der Waals surface area contributed by atoms with Crippen LogP contribution in [0.1, 0.15) is 0 Å². The zero-order valence-corrected chi connectivity index (χ0v) is 5.84. The molecule has 0 aliphatic carbocycles. The number of fused-ring (bicyclic) bond motifs is 1. The average Bonchev–Trinajstić information content (AvgIpc) is 2.36. The Balaban J connectivity index is 2.95. The Morgan fingerprint density at radius 1 is 1.50 bits per heavy atom. The highest BCUT2D eigenvalue weighted by Crippen LogP contribution is 2.12. The fourth-order valence-corrected chi connectivity index (χ4v) is 1.07. The Morgan fingerprint density at radius 2 is 2.40 bits per heavy atom. The van der Waals surface area contributed by atoms with Gasteiger partial charge in [0, 0.05) is 24.7 Å². The van der Waals surface area contributed by atoms with E-state index < -0.39 is 0 Å². The minimum atomic E-state index is 0.563. The molecule has 2 heterocycles. The van der Waals surface area contributed by atoms with Crippen molar-refractivity contribution in [2.45, 2.75) is 0 Å². The molecule has 2 aromatic heterocycles. The van der Waals surface area contributed by atoms with Crippen molar-refractivity contribution in [1.82, 2.24) is 9.38 Å². The van der Waals surface area contributed by atoms with Crippen LogP contribution in [-0.4, -0.2) is 9.38 Å². The molecule has 2 nitrogen and oxygen atoms in total. The van der Waals surface area contributed by atoms with Crippen molar-refractivity contribution in [1.29, 1.82) is 0 Å². The fourth-order valence-electron chi connectivity index (χ4n) is 0.859. The van der Waals surface area contributed by atoms with Crippen LogP contribution >= 0.6 is 11.6 Å². The molecule has 0 N–H and O–H groups in total. The van der Waals surface area contributed by atoms with E-state index >= 15 is 0 Å². The van der Waals surface area contributed by atoms with Crippen molar-refractivity contribution < 1.29 is 0 Å². The van der Waals surface area contributed by atoms with Crippen LogP contribution in [0.3, 0.4) is 0 Å². The van der Waals surface area contributed by atoms with Gasteiger partial charge in [-0.1, -0.05) is 11.6 Å². The summed E-state index contributed by atoms with van der Waals surface area (Å²) in [7, 11) is 0. The molecular formula is C7H4ClN2. The summed E-state index contributed by atoms with van der Waals surface area (Å²) in [5.74, 6) is 0. The number of hydrogen-bond acceptors (Lipinski definition) is 1. The number of pyridine rings is 1. The Kier molecular flexibility index (Phi) is 1.14. The summed E-state index contributed by atoms with van der Waals surface area (Å²) in [6, 6.07) is 4.60. The second-order valence-corrected chi connectivity index (χ2v) is 2.31. The van der Waals surface area contributed by atoms with E-state index in [1.54, 1.807) is 12.3 Å². The second kappa shape index (κ2) is 1.99. The second-order valence-electron chi connectivity index (χ2n) is 1.93. The average molecular weight is 152 g/mol. The Labute approximate surface area is 63.1 Å². The quantitative estimate of drug-likeness (QED) is 0.561. The van der Waals surface area contributed by atoms with Gasteiger partial charge >= 0.3 is 0 Å². The SMILES string of the molecule is Clc1[c]ccn2ccnc12. The van der Waals surface area contributed by atoms with Crippen molar-refractivity contribution >= 4 is 17.2 Å². The molecule has 0 fully saturated rings. The summed E-state index contributed by atoms with van der Waals surface area (Å²) >= 11 is 5.76. The maximum atomic E-state index is 5.76. The summed E-state index contributed by atoms with van der Waals surface area (Å²) in [4.78, 5) is 4.02. The lowest BCUT2D eigenvalue weighted by atomic mass is 10.5. The molecule has 0 atom stereocenters. The van der Waals surface area contributed by atoms with Crippen LogP contribution in [0.5, 0.6) is 0 Å². The van der Waals surface area contributed by atoms with E-state index in [0.29, 0.717) is 5.02 Å². The molecule has 0 saturated carbocycles. The van der Waals surface area contributed by atoms with Gasteiger partial charge in [-0.25, -0.2) is 4.98 Å². The van der Waals surface area contributed by atoms with E-state index in [-0.39, 0.29) is 0 Å². The molecule has 49 valence electrons. The van der Waals surface area contributed by atoms with Crippen molar-refractivity contribution in [2.75, 3.05) is 0 Å². The maximum Gasteiger partial charge on any atom is 0.156 e. The summed E-state index contributed by atoms with van der Waals surface area (Å²) in [5, 5.41) is 0.563. The molecule has 3 heteroatoms. The summed E-state index contributed by atoms with van der Waals surface area (Å²) < 4.78 is 1.85. The standard InChI is InChI=1S/C7H4ClN2/c8-6-2-1-4-10-5-3-9-7(6)10/h1,3-5H. The molecule has 0 spiro atoms. The van der Waals surface area contributed by atoms with E-state index in [1.807, 2.05) is 16.8 Å². The maximum absolute atomic E-state index is 5.76. The zero-order valence-electron chi connectivity index (χ0n) is 5.08. The monoisotopic (exact) mass is 151 g/mol. The molecule has 2 aromatic rings. The topological polar surface area (TPSA) is 17.3 Å². The van der Waals surface area contributed by atoms with Gasteiger partial charge in [0.25, 0.3) is 0 Å². The Hall–Kier alpha value is -1.02. The number of halogens is 1. The number of hydrogen-bond donors (Lipinski definition) is 0. The predicted molar refractivity (Wildman–Crippen MR) is 39.0 cm³/mol. The van der Waals surface area contributed by atoms with Crippen molar-refractivity contribution in [3.05, 3.63) is 35.7 Å². The molecule has 0 amide bonds. The van der Waals surface area contributed by atoms with Crippen molar-refractivity contribution in [3.8, 4) is 0 Å². The largest absolute Gasteiger partial charge is 0.306 e. The molecule has 0 bridgehead atoms. The normalized spacial score (nSPS) is 10.5. The molecule has 0 unspecified atom stereocenters. The lowest BCUT2D eigenvalue weighted by Gasteiger charge is -1.91. The number of aromatic nitrogens is 2. The smallest absolute Gasteiger partial charge is 0.156 e. The van der Waals surface area contributed by atoms with Gasteiger partial charge in [-0.05, 0) is 6.07 Å². The summed E-state index contributed by atoms with van der Waals surface area (Å²) in [6.07, 6.45) is 5.40. The first-order valence-corrected chi connectivity index (χ1v) is 3.24. The van der Waals surface area contributed by atoms with Gasteiger partial charge in [-0.3, -0.25) is 0 Å². The lowest BCUT2D eigenvalue weighted by molar-refractivity contribution is 1.18. The van der Waals surface area contributed by atoms with E-state index in [9.17, 15) is 0 Å². The predicted octanol–water partition coefficient (Wildman–Crippen LogP) is 1.79. The van der Waals surface area contributed by atoms with Gasteiger partial charge < -0.3 is 4.40 Å². The molecule has 1 radical (unpaired) electrons. The molecule has 0 aliphatic heterocycles. The first-order valence-electron chi connectivity index (χ1n) is 2.87. The number of imidazole rings is 1. The number of rotatable bonds is 0. The summed E-state index contributed by atoms with van der Waals surface area (Å²) in [6.45, 7) is 0. The van der Waals surface area contributed by atoms with E-state index in [0.717, 1.165) is 5.65 Å². The van der Waals surface area contributed by atoms with E-state index in [1.165, 1.54) is 0 Å².